The van der Waals surface area contributed by atoms with Crippen LogP contribution in [0.3, 0.4) is 0 Å². The molecule has 6 heteroatoms. The third-order valence-electron chi connectivity index (χ3n) is 6.20. The molecule has 29 heavy (non-hydrogen) atoms. The van der Waals surface area contributed by atoms with Crippen molar-refractivity contribution in [2.45, 2.75) is 32.7 Å². The molecule has 0 N–H and O–H groups in total. The first-order valence-corrected chi connectivity index (χ1v) is 10.3. The Morgan fingerprint density at radius 1 is 1.00 bits per heavy atom. The largest absolute Gasteiger partial charge is 0.354 e. The summed E-state index contributed by atoms with van der Waals surface area (Å²) in [5.74, 6) is 1.13. The zero-order valence-corrected chi connectivity index (χ0v) is 18.6. The highest BCUT2D eigenvalue weighted by atomic mass is 35.5. The van der Waals surface area contributed by atoms with Gasteiger partial charge in [0.2, 0.25) is 0 Å². The number of pyridine rings is 1. The van der Waals surface area contributed by atoms with Gasteiger partial charge in [0.25, 0.3) is 0 Å². The van der Waals surface area contributed by atoms with Crippen molar-refractivity contribution in [3.05, 3.63) is 59.4 Å². The van der Waals surface area contributed by atoms with Gasteiger partial charge in [-0.1, -0.05) is 18.2 Å². The number of piperazine rings is 1. The third kappa shape index (κ3) is 4.40. The molecule has 1 aromatic carbocycles. The molecular formula is C23H30Cl2N4. The molecule has 0 bridgehead atoms. The van der Waals surface area contributed by atoms with Crippen LogP contribution in [0.15, 0.2) is 42.7 Å². The molecule has 4 nitrogen and oxygen atoms in total. The van der Waals surface area contributed by atoms with E-state index in [1.54, 1.807) is 0 Å². The van der Waals surface area contributed by atoms with Crippen LogP contribution in [0.1, 0.15) is 23.1 Å². The normalized spacial score (nSPS) is 16.4. The molecule has 0 radical (unpaired) electrons. The predicted molar refractivity (Wildman–Crippen MR) is 126 cm³/mol. The molecule has 1 saturated heterocycles. The molecule has 0 unspecified atom stereocenters. The molecule has 3 aromatic rings. The fourth-order valence-electron chi connectivity index (χ4n) is 4.70. The summed E-state index contributed by atoms with van der Waals surface area (Å²) in [6.07, 6.45) is 7.99. The van der Waals surface area contributed by atoms with Crippen LogP contribution < -0.4 is 4.90 Å². The molecule has 2 aliphatic heterocycles. The zero-order chi connectivity index (χ0) is 18.2. The van der Waals surface area contributed by atoms with Crippen molar-refractivity contribution in [2.24, 2.45) is 0 Å². The van der Waals surface area contributed by atoms with E-state index in [-0.39, 0.29) is 24.8 Å². The first-order valence-electron chi connectivity index (χ1n) is 10.3. The monoisotopic (exact) mass is 432 g/mol. The van der Waals surface area contributed by atoms with Crippen molar-refractivity contribution in [3.63, 3.8) is 0 Å². The van der Waals surface area contributed by atoms with Crippen molar-refractivity contribution in [2.75, 3.05) is 37.6 Å². The lowest BCUT2D eigenvalue weighted by atomic mass is 10.0. The Bertz CT molecular complexity index is 961. The van der Waals surface area contributed by atoms with Gasteiger partial charge in [-0.05, 0) is 55.0 Å². The van der Waals surface area contributed by atoms with Gasteiger partial charge in [0.05, 0.1) is 5.52 Å². The van der Waals surface area contributed by atoms with Crippen LogP contribution in [0.25, 0.3) is 10.9 Å². The van der Waals surface area contributed by atoms with Crippen LogP contribution in [-0.4, -0.2) is 47.2 Å². The number of rotatable bonds is 4. The number of hydrogen-bond acceptors (Lipinski definition) is 3. The van der Waals surface area contributed by atoms with Crippen LogP contribution in [0.4, 0.5) is 5.82 Å². The van der Waals surface area contributed by atoms with Gasteiger partial charge in [0.1, 0.15) is 5.82 Å². The van der Waals surface area contributed by atoms with E-state index >= 15 is 0 Å². The molecule has 4 heterocycles. The van der Waals surface area contributed by atoms with Gasteiger partial charge in [0.15, 0.2) is 0 Å². The average molecular weight is 433 g/mol. The zero-order valence-electron chi connectivity index (χ0n) is 17.0. The summed E-state index contributed by atoms with van der Waals surface area (Å²) in [5, 5.41) is 1.48. The first kappa shape index (κ1) is 21.9. The molecule has 1 fully saturated rings. The van der Waals surface area contributed by atoms with Gasteiger partial charge >= 0.3 is 0 Å². The van der Waals surface area contributed by atoms with E-state index < -0.39 is 0 Å². The Balaban J connectivity index is 0.00000120. The lowest BCUT2D eigenvalue weighted by Crippen LogP contribution is -2.47. The quantitative estimate of drug-likeness (QED) is 0.606. The molecule has 0 amide bonds. The summed E-state index contributed by atoms with van der Waals surface area (Å²) in [6.45, 7) is 8.86. The average Bonchev–Trinajstić information content (AvgIpc) is 3.07. The third-order valence-corrected chi connectivity index (χ3v) is 6.20. The first-order chi connectivity index (χ1) is 13.3. The Morgan fingerprint density at radius 2 is 1.83 bits per heavy atom. The number of aryl methyl sites for hydroxylation is 3. The van der Waals surface area contributed by atoms with E-state index in [9.17, 15) is 0 Å². The summed E-state index contributed by atoms with van der Waals surface area (Å²) >= 11 is 0. The summed E-state index contributed by atoms with van der Waals surface area (Å²) < 4.78 is 2.49. The smallest absolute Gasteiger partial charge is 0.128 e. The van der Waals surface area contributed by atoms with Gasteiger partial charge in [-0.3, -0.25) is 4.90 Å². The Kier molecular flexibility index (Phi) is 7.10. The van der Waals surface area contributed by atoms with Crippen LogP contribution in [0.5, 0.6) is 0 Å². The van der Waals surface area contributed by atoms with Crippen molar-refractivity contribution in [1.82, 2.24) is 14.5 Å². The number of hydrogen-bond donors (Lipinski definition) is 0. The van der Waals surface area contributed by atoms with E-state index in [0.717, 1.165) is 45.0 Å². The molecule has 2 aromatic heterocycles. The molecule has 0 spiro atoms. The van der Waals surface area contributed by atoms with Gasteiger partial charge in [0, 0.05) is 57.0 Å². The topological polar surface area (TPSA) is 24.3 Å². The second-order valence-corrected chi connectivity index (χ2v) is 8.03. The molecule has 0 atom stereocenters. The van der Waals surface area contributed by atoms with Crippen LogP contribution >= 0.6 is 24.8 Å². The standard InChI is InChI=1S/C23H28N4.2ClH/c1-18-7-9-24-22(16-18)26-14-12-25(13-15-26)11-8-20-17-27-10-3-5-19-4-2-6-21(20)23(19)27;;/h2,4,6-7,9,16-17H,3,5,8,10-15H2,1H3;2*1H. The second kappa shape index (κ2) is 9.38. The van der Waals surface area contributed by atoms with Crippen molar-refractivity contribution in [1.29, 1.82) is 0 Å². The minimum atomic E-state index is 0. The number of benzene rings is 1. The molecule has 0 aliphatic carbocycles. The maximum Gasteiger partial charge on any atom is 0.128 e. The molecular weight excluding hydrogens is 403 g/mol. The van der Waals surface area contributed by atoms with Gasteiger partial charge < -0.3 is 9.47 Å². The lowest BCUT2D eigenvalue weighted by Gasteiger charge is -2.35. The minimum absolute atomic E-state index is 0. The van der Waals surface area contributed by atoms with E-state index in [2.05, 4.69) is 62.8 Å². The number of aromatic nitrogens is 2. The van der Waals surface area contributed by atoms with Crippen LogP contribution in [0, 0.1) is 6.92 Å². The molecule has 2 aliphatic rings. The number of nitrogens with zero attached hydrogens (tertiary/aromatic N) is 4. The van der Waals surface area contributed by atoms with Crippen LogP contribution in [0.2, 0.25) is 0 Å². The summed E-state index contributed by atoms with van der Waals surface area (Å²) in [5.41, 5.74) is 5.84. The SMILES string of the molecule is Cc1ccnc(N2CCN(CCc3cn4c5c(cccc35)CCC4)CC2)c1.Cl.Cl. The fourth-order valence-corrected chi connectivity index (χ4v) is 4.70. The second-order valence-electron chi connectivity index (χ2n) is 8.03. The van der Waals surface area contributed by atoms with E-state index in [0.29, 0.717) is 0 Å². The van der Waals surface area contributed by atoms with Crippen molar-refractivity contribution in [3.8, 4) is 0 Å². The highest BCUT2D eigenvalue weighted by Crippen LogP contribution is 2.29. The molecule has 156 valence electrons. The lowest BCUT2D eigenvalue weighted by molar-refractivity contribution is 0.260. The predicted octanol–water partition coefficient (Wildman–Crippen LogP) is 4.50. The Labute approximate surface area is 185 Å². The summed E-state index contributed by atoms with van der Waals surface area (Å²) in [6, 6.07) is 11.1. The molecule has 0 saturated carbocycles. The Morgan fingerprint density at radius 3 is 2.62 bits per heavy atom. The highest BCUT2D eigenvalue weighted by molar-refractivity contribution is 5.87. The maximum atomic E-state index is 4.55. The van der Waals surface area contributed by atoms with Gasteiger partial charge in [-0.2, -0.15) is 0 Å². The van der Waals surface area contributed by atoms with E-state index in [4.69, 9.17) is 0 Å². The van der Waals surface area contributed by atoms with Crippen LogP contribution in [-0.2, 0) is 19.4 Å². The fraction of sp³-hybridized carbons (Fsp3) is 0.435. The summed E-state index contributed by atoms with van der Waals surface area (Å²) in [4.78, 5) is 9.58. The maximum absolute atomic E-state index is 4.55. The van der Waals surface area contributed by atoms with E-state index in [1.165, 1.54) is 47.0 Å². The van der Waals surface area contributed by atoms with Crippen molar-refractivity contribution >= 4 is 41.5 Å². The number of anilines is 1. The van der Waals surface area contributed by atoms with Gasteiger partial charge in [-0.15, -0.1) is 24.8 Å². The minimum Gasteiger partial charge on any atom is -0.354 e. The van der Waals surface area contributed by atoms with Crippen molar-refractivity contribution < 1.29 is 0 Å². The molecule has 5 rings (SSSR count). The number of halogens is 2. The summed E-state index contributed by atoms with van der Waals surface area (Å²) in [7, 11) is 0. The highest BCUT2D eigenvalue weighted by Gasteiger charge is 2.20. The number of para-hydroxylation sites is 1. The van der Waals surface area contributed by atoms with Gasteiger partial charge in [-0.25, -0.2) is 4.98 Å². The Hall–Kier alpha value is -1.75. The van der Waals surface area contributed by atoms with E-state index in [1.807, 2.05) is 6.20 Å².